The number of rotatable bonds is 6. The molecule has 128 valence electrons. The molecule has 2 aromatic carbocycles. The van der Waals surface area contributed by atoms with E-state index in [9.17, 15) is 4.79 Å². The van der Waals surface area contributed by atoms with Gasteiger partial charge in [0, 0.05) is 6.54 Å². The summed E-state index contributed by atoms with van der Waals surface area (Å²) >= 11 is 3.47. The molecule has 0 aliphatic carbocycles. The molecule has 0 bridgehead atoms. The number of nitrogens with zero attached hydrogens (tertiary/aromatic N) is 1. The van der Waals surface area contributed by atoms with Gasteiger partial charge in [-0.1, -0.05) is 54.6 Å². The van der Waals surface area contributed by atoms with Crippen LogP contribution >= 0.6 is 15.9 Å². The van der Waals surface area contributed by atoms with Crippen molar-refractivity contribution in [3.8, 4) is 5.75 Å². The predicted octanol–water partition coefficient (Wildman–Crippen LogP) is 4.70. The van der Waals surface area contributed by atoms with Gasteiger partial charge in [-0.3, -0.25) is 4.79 Å². The van der Waals surface area contributed by atoms with Crippen molar-refractivity contribution >= 4 is 27.9 Å². The number of carbonyl (C=O) groups excluding carboxylic acids is 1. The van der Waals surface area contributed by atoms with E-state index >= 15 is 0 Å². The highest BCUT2D eigenvalue weighted by Crippen LogP contribution is 2.33. The van der Waals surface area contributed by atoms with Gasteiger partial charge in [-0.05, 0) is 46.1 Å². The van der Waals surface area contributed by atoms with Crippen LogP contribution in [0.25, 0.3) is 6.08 Å². The van der Waals surface area contributed by atoms with Crippen LogP contribution in [0.1, 0.15) is 12.5 Å². The van der Waals surface area contributed by atoms with Crippen molar-refractivity contribution < 1.29 is 9.53 Å². The first kappa shape index (κ1) is 17.5. The fraction of sp³-hybridized carbons (Fsp3) is 0.190. The molecule has 0 spiro atoms. The van der Waals surface area contributed by atoms with Gasteiger partial charge in [0.15, 0.2) is 0 Å². The number of para-hydroxylation sites is 1. The van der Waals surface area contributed by atoms with Gasteiger partial charge in [0.25, 0.3) is 5.91 Å². The molecule has 2 aromatic rings. The minimum Gasteiger partial charge on any atom is -0.477 e. The lowest BCUT2D eigenvalue weighted by Gasteiger charge is -2.46. The van der Waals surface area contributed by atoms with Crippen molar-refractivity contribution in [2.45, 2.75) is 19.1 Å². The van der Waals surface area contributed by atoms with Crippen LogP contribution in [0.3, 0.4) is 0 Å². The van der Waals surface area contributed by atoms with E-state index in [1.165, 1.54) is 0 Å². The zero-order valence-electron chi connectivity index (χ0n) is 14.1. The quantitative estimate of drug-likeness (QED) is 0.522. The Bertz CT molecular complexity index is 801. The van der Waals surface area contributed by atoms with E-state index in [1.54, 1.807) is 11.0 Å². The minimum atomic E-state index is -0.515. The first-order valence-electron chi connectivity index (χ1n) is 8.17. The summed E-state index contributed by atoms with van der Waals surface area (Å²) in [4.78, 5) is 14.3. The predicted molar refractivity (Wildman–Crippen MR) is 104 cm³/mol. The Labute approximate surface area is 156 Å². The maximum atomic E-state index is 12.5. The molecular weight excluding hydrogens is 378 g/mol. The van der Waals surface area contributed by atoms with Crippen LogP contribution in [-0.4, -0.2) is 29.5 Å². The largest absolute Gasteiger partial charge is 0.477 e. The van der Waals surface area contributed by atoms with E-state index in [4.69, 9.17) is 4.74 Å². The van der Waals surface area contributed by atoms with Crippen molar-refractivity contribution in [3.63, 3.8) is 0 Å². The monoisotopic (exact) mass is 397 g/mol. The van der Waals surface area contributed by atoms with Crippen molar-refractivity contribution in [1.29, 1.82) is 0 Å². The summed E-state index contributed by atoms with van der Waals surface area (Å²) in [7, 11) is 0. The second kappa shape index (κ2) is 7.70. The van der Waals surface area contributed by atoms with Gasteiger partial charge in [0.05, 0.1) is 10.5 Å². The van der Waals surface area contributed by atoms with Crippen molar-refractivity contribution in [2.75, 3.05) is 6.54 Å². The number of amides is 1. The van der Waals surface area contributed by atoms with Crippen LogP contribution in [0.2, 0.25) is 0 Å². The molecule has 2 atom stereocenters. The maximum absolute atomic E-state index is 12.5. The van der Waals surface area contributed by atoms with Crippen LogP contribution in [-0.2, 0) is 4.79 Å². The Morgan fingerprint density at radius 2 is 1.88 bits per heavy atom. The number of β-lactam (4-membered cyclic amide) rings is 1. The van der Waals surface area contributed by atoms with E-state index in [0.717, 1.165) is 15.6 Å². The summed E-state index contributed by atoms with van der Waals surface area (Å²) in [5.74, 6) is 0.665. The standard InChI is InChI=1S/C21H20BrNO2/c1-3-13-23-19(15(2)14-16-9-5-4-6-10-16)20(21(23)24)25-18-12-8-7-11-17(18)22/h3-12,14,19-20H,1,13H2,2H3. The van der Waals surface area contributed by atoms with Gasteiger partial charge < -0.3 is 9.64 Å². The average Bonchev–Trinajstić information content (AvgIpc) is 2.62. The fourth-order valence-corrected chi connectivity index (χ4v) is 3.41. The molecule has 1 aliphatic heterocycles. The highest BCUT2D eigenvalue weighted by Gasteiger charge is 2.49. The average molecular weight is 398 g/mol. The zero-order chi connectivity index (χ0) is 17.8. The molecule has 1 saturated heterocycles. The highest BCUT2D eigenvalue weighted by molar-refractivity contribution is 9.10. The van der Waals surface area contributed by atoms with Gasteiger partial charge in [0.1, 0.15) is 5.75 Å². The number of hydrogen-bond donors (Lipinski definition) is 0. The van der Waals surface area contributed by atoms with Crippen LogP contribution < -0.4 is 4.74 Å². The first-order valence-corrected chi connectivity index (χ1v) is 8.97. The summed E-state index contributed by atoms with van der Waals surface area (Å²) in [6.07, 6.45) is 3.33. The second-order valence-electron chi connectivity index (χ2n) is 5.99. The van der Waals surface area contributed by atoms with E-state index in [-0.39, 0.29) is 11.9 Å². The normalized spacial score (nSPS) is 20.2. The van der Waals surface area contributed by atoms with Gasteiger partial charge in [-0.2, -0.15) is 0 Å². The van der Waals surface area contributed by atoms with E-state index in [2.05, 4.69) is 28.6 Å². The van der Waals surface area contributed by atoms with Crippen LogP contribution in [0, 0.1) is 0 Å². The van der Waals surface area contributed by atoms with E-state index < -0.39 is 6.10 Å². The summed E-state index contributed by atoms with van der Waals surface area (Å²) in [6, 6.07) is 17.6. The number of benzene rings is 2. The van der Waals surface area contributed by atoms with Crippen LogP contribution in [0.15, 0.2) is 77.3 Å². The molecule has 2 unspecified atom stereocenters. The molecular formula is C21H20BrNO2. The van der Waals surface area contributed by atoms with Gasteiger partial charge >= 0.3 is 0 Å². The van der Waals surface area contributed by atoms with Gasteiger partial charge in [-0.25, -0.2) is 0 Å². The third kappa shape index (κ3) is 3.69. The SMILES string of the molecule is C=CCN1C(=O)C(Oc2ccccc2Br)C1C(C)=Cc1ccccc1. The molecule has 1 fully saturated rings. The second-order valence-corrected chi connectivity index (χ2v) is 6.85. The third-order valence-corrected chi connectivity index (χ3v) is 4.88. The molecule has 0 N–H and O–H groups in total. The summed E-state index contributed by atoms with van der Waals surface area (Å²) < 4.78 is 6.87. The Balaban J connectivity index is 1.86. The molecule has 3 rings (SSSR count). The molecule has 1 heterocycles. The lowest BCUT2D eigenvalue weighted by Crippen LogP contribution is -2.67. The molecule has 1 aliphatic rings. The topological polar surface area (TPSA) is 29.5 Å². The lowest BCUT2D eigenvalue weighted by molar-refractivity contribution is -0.158. The molecule has 0 radical (unpaired) electrons. The van der Waals surface area contributed by atoms with E-state index in [1.807, 2.05) is 61.5 Å². The number of carbonyl (C=O) groups is 1. The Morgan fingerprint density at radius 3 is 2.56 bits per heavy atom. The van der Waals surface area contributed by atoms with Crippen molar-refractivity contribution in [3.05, 3.63) is 82.9 Å². The lowest BCUT2D eigenvalue weighted by atomic mass is 9.90. The molecule has 3 nitrogen and oxygen atoms in total. The van der Waals surface area contributed by atoms with Crippen molar-refractivity contribution in [1.82, 2.24) is 4.90 Å². The Morgan fingerprint density at radius 1 is 1.20 bits per heavy atom. The molecule has 25 heavy (non-hydrogen) atoms. The number of hydrogen-bond acceptors (Lipinski definition) is 2. The summed E-state index contributed by atoms with van der Waals surface area (Å²) in [6.45, 7) is 6.31. The number of likely N-dealkylation sites (tertiary alicyclic amines) is 1. The number of halogens is 1. The zero-order valence-corrected chi connectivity index (χ0v) is 15.6. The Kier molecular flexibility index (Phi) is 5.39. The first-order chi connectivity index (χ1) is 12.1. The third-order valence-electron chi connectivity index (χ3n) is 4.23. The summed E-state index contributed by atoms with van der Waals surface area (Å²) in [5, 5.41) is 0. The van der Waals surface area contributed by atoms with Gasteiger partial charge in [-0.15, -0.1) is 6.58 Å². The summed E-state index contributed by atoms with van der Waals surface area (Å²) in [5.41, 5.74) is 2.20. The Hall–Kier alpha value is -2.33. The molecule has 4 heteroatoms. The fourth-order valence-electron chi connectivity index (χ4n) is 3.03. The van der Waals surface area contributed by atoms with Crippen LogP contribution in [0.4, 0.5) is 0 Å². The molecule has 0 aromatic heterocycles. The van der Waals surface area contributed by atoms with Crippen molar-refractivity contribution in [2.24, 2.45) is 0 Å². The highest BCUT2D eigenvalue weighted by atomic mass is 79.9. The smallest absolute Gasteiger partial charge is 0.267 e. The van der Waals surface area contributed by atoms with Crippen LogP contribution in [0.5, 0.6) is 5.75 Å². The van der Waals surface area contributed by atoms with E-state index in [0.29, 0.717) is 12.3 Å². The molecule has 1 amide bonds. The van der Waals surface area contributed by atoms with Gasteiger partial charge in [0.2, 0.25) is 6.10 Å². The minimum absolute atomic E-state index is 0.0125. The maximum Gasteiger partial charge on any atom is 0.267 e. The number of ether oxygens (including phenoxy) is 1. The molecule has 0 saturated carbocycles.